The fraction of sp³-hybridized carbons (Fsp3) is 0.353. The fourth-order valence-corrected chi connectivity index (χ4v) is 2.84. The number of benzene rings is 1. The molecule has 25 heavy (non-hydrogen) atoms. The molecule has 0 aliphatic carbocycles. The largest absolute Gasteiger partial charge is 0.480 e. The molecular formula is C17H16F3N3O2. The Bertz CT molecular complexity index is 791. The number of hydrogen-bond acceptors (Lipinski definition) is 4. The monoisotopic (exact) mass is 351 g/mol. The van der Waals surface area contributed by atoms with Gasteiger partial charge >= 0.3 is 12.1 Å². The predicted molar refractivity (Wildman–Crippen MR) is 85.2 cm³/mol. The molecule has 1 N–H and O–H groups in total. The van der Waals surface area contributed by atoms with Gasteiger partial charge in [0.2, 0.25) is 5.95 Å². The molecule has 1 aliphatic heterocycles. The Morgan fingerprint density at radius 2 is 1.92 bits per heavy atom. The van der Waals surface area contributed by atoms with Crippen LogP contribution in [0, 0.1) is 6.92 Å². The predicted octanol–water partition coefficient (Wildman–Crippen LogP) is 3.52. The molecule has 0 spiro atoms. The van der Waals surface area contributed by atoms with Crippen molar-refractivity contribution in [2.75, 3.05) is 11.4 Å². The molecular weight excluding hydrogens is 335 g/mol. The van der Waals surface area contributed by atoms with Crippen LogP contribution in [0.1, 0.15) is 24.1 Å². The zero-order valence-electron chi connectivity index (χ0n) is 13.4. The molecule has 2 heterocycles. The second-order valence-corrected chi connectivity index (χ2v) is 5.99. The quantitative estimate of drug-likeness (QED) is 0.916. The van der Waals surface area contributed by atoms with Gasteiger partial charge in [0.15, 0.2) is 5.69 Å². The highest BCUT2D eigenvalue weighted by Gasteiger charge is 2.37. The van der Waals surface area contributed by atoms with Gasteiger partial charge in [-0.05, 0) is 25.8 Å². The molecule has 0 saturated carbocycles. The van der Waals surface area contributed by atoms with Crippen molar-refractivity contribution in [1.29, 1.82) is 0 Å². The van der Waals surface area contributed by atoms with Crippen molar-refractivity contribution in [1.82, 2.24) is 9.97 Å². The number of nitrogens with zero attached hydrogens (tertiary/aromatic N) is 3. The molecule has 1 fully saturated rings. The van der Waals surface area contributed by atoms with E-state index in [4.69, 9.17) is 0 Å². The number of carboxylic acids is 1. The van der Waals surface area contributed by atoms with E-state index in [1.807, 2.05) is 6.92 Å². The van der Waals surface area contributed by atoms with Gasteiger partial charge in [-0.1, -0.05) is 29.8 Å². The highest BCUT2D eigenvalue weighted by molar-refractivity contribution is 5.78. The van der Waals surface area contributed by atoms with E-state index in [2.05, 4.69) is 9.97 Å². The van der Waals surface area contributed by atoms with Crippen molar-refractivity contribution in [2.45, 2.75) is 32.0 Å². The second kappa shape index (κ2) is 6.34. The molecule has 1 saturated heterocycles. The van der Waals surface area contributed by atoms with Crippen LogP contribution in [0.5, 0.6) is 0 Å². The van der Waals surface area contributed by atoms with Gasteiger partial charge in [-0.2, -0.15) is 13.2 Å². The van der Waals surface area contributed by atoms with Crippen molar-refractivity contribution >= 4 is 11.9 Å². The van der Waals surface area contributed by atoms with E-state index in [1.54, 1.807) is 24.3 Å². The van der Waals surface area contributed by atoms with Gasteiger partial charge in [0.1, 0.15) is 6.04 Å². The minimum atomic E-state index is -4.64. The number of alkyl halides is 3. The zero-order valence-corrected chi connectivity index (χ0v) is 13.4. The first-order chi connectivity index (χ1) is 11.8. The molecule has 1 unspecified atom stereocenters. The molecule has 8 heteroatoms. The summed E-state index contributed by atoms with van der Waals surface area (Å²) in [5.74, 6) is -1.29. The Morgan fingerprint density at radius 1 is 1.24 bits per heavy atom. The van der Waals surface area contributed by atoms with E-state index in [-0.39, 0.29) is 11.6 Å². The summed E-state index contributed by atoms with van der Waals surface area (Å²) in [6, 6.07) is 6.90. The third-order valence-corrected chi connectivity index (χ3v) is 4.15. The third-order valence-electron chi connectivity index (χ3n) is 4.15. The summed E-state index contributed by atoms with van der Waals surface area (Å²) in [7, 11) is 0. The smallest absolute Gasteiger partial charge is 0.433 e. The van der Waals surface area contributed by atoms with Crippen LogP contribution < -0.4 is 4.90 Å². The summed E-state index contributed by atoms with van der Waals surface area (Å²) in [6.07, 6.45) is -3.72. The number of anilines is 1. The number of rotatable bonds is 3. The first-order valence-electron chi connectivity index (χ1n) is 7.78. The zero-order chi connectivity index (χ0) is 18.2. The summed E-state index contributed by atoms with van der Waals surface area (Å²) in [5.41, 5.74) is 0.530. The number of aromatic nitrogens is 2. The van der Waals surface area contributed by atoms with Gasteiger partial charge in [-0.3, -0.25) is 0 Å². The van der Waals surface area contributed by atoms with Gasteiger partial charge in [0.05, 0.1) is 5.69 Å². The number of carbonyl (C=O) groups is 1. The minimum absolute atomic E-state index is 0.119. The van der Waals surface area contributed by atoms with Crippen LogP contribution in [0.25, 0.3) is 11.3 Å². The van der Waals surface area contributed by atoms with Gasteiger partial charge in [-0.25, -0.2) is 14.8 Å². The van der Waals surface area contributed by atoms with E-state index in [0.29, 0.717) is 24.9 Å². The average Bonchev–Trinajstić information content (AvgIpc) is 3.04. The van der Waals surface area contributed by atoms with E-state index in [1.165, 1.54) is 4.90 Å². The SMILES string of the molecule is Cc1ccc(-c2cc(C(F)(F)F)nc(N3CCCC3C(=O)O)n2)cc1. The molecule has 1 atom stereocenters. The molecule has 0 bridgehead atoms. The summed E-state index contributed by atoms with van der Waals surface area (Å²) >= 11 is 0. The molecule has 1 aromatic heterocycles. The van der Waals surface area contributed by atoms with Crippen molar-refractivity contribution in [2.24, 2.45) is 0 Å². The van der Waals surface area contributed by atoms with Crippen molar-refractivity contribution in [3.8, 4) is 11.3 Å². The lowest BCUT2D eigenvalue weighted by Crippen LogP contribution is -2.37. The Hall–Kier alpha value is -2.64. The fourth-order valence-electron chi connectivity index (χ4n) is 2.84. The first kappa shape index (κ1) is 17.2. The topological polar surface area (TPSA) is 66.3 Å². The summed E-state index contributed by atoms with van der Waals surface area (Å²) in [4.78, 5) is 20.5. The lowest BCUT2D eigenvalue weighted by Gasteiger charge is -2.22. The van der Waals surface area contributed by atoms with Crippen LogP contribution in [0.3, 0.4) is 0 Å². The van der Waals surface area contributed by atoms with Crippen LogP contribution in [-0.2, 0) is 11.0 Å². The number of halogens is 3. The van der Waals surface area contributed by atoms with Crippen molar-refractivity contribution in [3.05, 3.63) is 41.6 Å². The van der Waals surface area contributed by atoms with E-state index >= 15 is 0 Å². The molecule has 2 aromatic rings. The Balaban J connectivity index is 2.10. The average molecular weight is 351 g/mol. The summed E-state index contributed by atoms with van der Waals surface area (Å²) in [6.45, 7) is 2.18. The number of aliphatic carboxylic acids is 1. The molecule has 1 aliphatic rings. The lowest BCUT2D eigenvalue weighted by molar-refractivity contribution is -0.141. The normalized spacial score (nSPS) is 17.8. The van der Waals surface area contributed by atoms with Crippen LogP contribution in [0.15, 0.2) is 30.3 Å². The molecule has 3 rings (SSSR count). The molecule has 132 valence electrons. The first-order valence-corrected chi connectivity index (χ1v) is 7.78. The summed E-state index contributed by atoms with van der Waals surface area (Å²) in [5, 5.41) is 9.27. The second-order valence-electron chi connectivity index (χ2n) is 5.99. The minimum Gasteiger partial charge on any atom is -0.480 e. The number of carboxylic acid groups (broad SMARTS) is 1. The van der Waals surface area contributed by atoms with Gasteiger partial charge in [0.25, 0.3) is 0 Å². The van der Waals surface area contributed by atoms with E-state index in [9.17, 15) is 23.1 Å². The standard InChI is InChI=1S/C17H16F3N3O2/c1-10-4-6-11(7-5-10)12-9-14(17(18,19)20)22-16(21-12)23-8-2-3-13(23)15(24)25/h4-7,9,13H,2-3,8H2,1H3,(H,24,25). The number of aryl methyl sites for hydroxylation is 1. The van der Waals surface area contributed by atoms with Crippen LogP contribution in [-0.4, -0.2) is 33.6 Å². The van der Waals surface area contributed by atoms with Crippen molar-refractivity contribution < 1.29 is 23.1 Å². The Morgan fingerprint density at radius 3 is 2.52 bits per heavy atom. The molecule has 5 nitrogen and oxygen atoms in total. The van der Waals surface area contributed by atoms with Gasteiger partial charge in [0, 0.05) is 12.1 Å². The third kappa shape index (κ3) is 3.57. The van der Waals surface area contributed by atoms with E-state index < -0.39 is 23.9 Å². The summed E-state index contributed by atoms with van der Waals surface area (Å²) < 4.78 is 39.7. The van der Waals surface area contributed by atoms with Gasteiger partial charge < -0.3 is 10.0 Å². The molecule has 1 aromatic carbocycles. The van der Waals surface area contributed by atoms with Crippen LogP contribution in [0.2, 0.25) is 0 Å². The van der Waals surface area contributed by atoms with Gasteiger partial charge in [-0.15, -0.1) is 0 Å². The van der Waals surface area contributed by atoms with Crippen molar-refractivity contribution in [3.63, 3.8) is 0 Å². The molecule has 0 amide bonds. The van der Waals surface area contributed by atoms with Crippen LogP contribution in [0.4, 0.5) is 19.1 Å². The maximum Gasteiger partial charge on any atom is 0.433 e. The lowest BCUT2D eigenvalue weighted by atomic mass is 10.1. The molecule has 0 radical (unpaired) electrons. The Labute approximate surface area is 142 Å². The highest BCUT2D eigenvalue weighted by atomic mass is 19.4. The highest BCUT2D eigenvalue weighted by Crippen LogP contribution is 2.33. The van der Waals surface area contributed by atoms with E-state index in [0.717, 1.165) is 11.6 Å². The van der Waals surface area contributed by atoms with Crippen LogP contribution >= 0.6 is 0 Å². The maximum atomic E-state index is 13.2. The maximum absolute atomic E-state index is 13.2. The Kier molecular flexibility index (Phi) is 4.36. The number of hydrogen-bond donors (Lipinski definition) is 1.